The second-order valence-corrected chi connectivity index (χ2v) is 6.20. The number of anilines is 1. The molecule has 1 aliphatic heterocycles. The van der Waals surface area contributed by atoms with Gasteiger partial charge in [-0.25, -0.2) is 0 Å². The zero-order valence-electron chi connectivity index (χ0n) is 12.2. The van der Waals surface area contributed by atoms with Gasteiger partial charge in [0.1, 0.15) is 0 Å². The fraction of sp³-hybridized carbons (Fsp3) is 0.467. The molecule has 1 aliphatic rings. The van der Waals surface area contributed by atoms with Crippen LogP contribution in [0.3, 0.4) is 0 Å². The Kier molecular flexibility index (Phi) is 5.01. The first-order chi connectivity index (χ1) is 10.3. The summed E-state index contributed by atoms with van der Waals surface area (Å²) >= 11 is 1.50. The Morgan fingerprint density at radius 2 is 2.23 bits per heavy atom. The van der Waals surface area contributed by atoms with Gasteiger partial charge in [0, 0.05) is 11.4 Å². The Morgan fingerprint density at radius 1 is 1.50 bits per heavy atom. The van der Waals surface area contributed by atoms with Gasteiger partial charge >= 0.3 is 6.18 Å². The van der Waals surface area contributed by atoms with Gasteiger partial charge in [0.15, 0.2) is 5.17 Å². The molecule has 2 rings (SSSR count). The van der Waals surface area contributed by atoms with Gasteiger partial charge in [-0.2, -0.15) is 18.4 Å². The van der Waals surface area contributed by atoms with E-state index in [1.807, 2.05) is 0 Å². The van der Waals surface area contributed by atoms with E-state index < -0.39 is 11.7 Å². The number of benzene rings is 1. The molecule has 3 nitrogen and oxygen atoms in total. The van der Waals surface area contributed by atoms with Crippen molar-refractivity contribution in [3.05, 3.63) is 29.3 Å². The minimum atomic E-state index is -4.55. The molecule has 0 aromatic heterocycles. The predicted molar refractivity (Wildman–Crippen MR) is 82.9 cm³/mol. The molecule has 1 aromatic carbocycles. The third-order valence-electron chi connectivity index (χ3n) is 3.67. The maximum Gasteiger partial charge on any atom is 0.417 e. The summed E-state index contributed by atoms with van der Waals surface area (Å²) in [6.07, 6.45) is -3.54. The van der Waals surface area contributed by atoms with Gasteiger partial charge in [-0.05, 0) is 24.1 Å². The summed E-state index contributed by atoms with van der Waals surface area (Å²) in [6, 6.07) is 5.36. The van der Waals surface area contributed by atoms with Gasteiger partial charge in [0.2, 0.25) is 0 Å². The van der Waals surface area contributed by atoms with Crippen molar-refractivity contribution in [2.45, 2.75) is 32.5 Å². The van der Waals surface area contributed by atoms with Crippen LogP contribution in [-0.2, 0) is 6.18 Å². The van der Waals surface area contributed by atoms with Crippen LogP contribution in [0.5, 0.6) is 0 Å². The van der Waals surface area contributed by atoms with E-state index in [9.17, 15) is 13.2 Å². The van der Waals surface area contributed by atoms with Crippen LogP contribution in [0, 0.1) is 17.2 Å². The number of nitrogens with zero attached hydrogens (tertiary/aromatic N) is 2. The zero-order chi connectivity index (χ0) is 16.3. The highest BCUT2D eigenvalue weighted by atomic mass is 32.2. The van der Waals surface area contributed by atoms with Crippen LogP contribution in [0.15, 0.2) is 23.2 Å². The minimum Gasteiger partial charge on any atom is -0.335 e. The molecule has 0 saturated carbocycles. The number of nitrogens with one attached hydrogen (secondary N) is 1. The van der Waals surface area contributed by atoms with E-state index in [0.717, 1.165) is 18.2 Å². The Morgan fingerprint density at radius 3 is 2.82 bits per heavy atom. The number of thioether (sulfide) groups is 1. The topological polar surface area (TPSA) is 48.2 Å². The second kappa shape index (κ2) is 6.61. The maximum absolute atomic E-state index is 12.9. The Bertz CT molecular complexity index is 619. The molecule has 0 fully saturated rings. The van der Waals surface area contributed by atoms with Crippen LogP contribution in [0.1, 0.15) is 31.4 Å². The fourth-order valence-corrected chi connectivity index (χ4v) is 3.23. The molecule has 1 aromatic rings. The predicted octanol–water partition coefficient (Wildman–Crippen LogP) is 4.51. The summed E-state index contributed by atoms with van der Waals surface area (Å²) in [4.78, 5) is 4.51. The fourth-order valence-electron chi connectivity index (χ4n) is 2.10. The zero-order valence-corrected chi connectivity index (χ0v) is 13.1. The first-order valence-electron chi connectivity index (χ1n) is 6.94. The third-order valence-corrected chi connectivity index (χ3v) is 4.66. The lowest BCUT2D eigenvalue weighted by Crippen LogP contribution is -2.14. The Hall–Kier alpha value is -1.68. The number of amidine groups is 1. The number of aliphatic imine (C=N–C) groups is 1. The average Bonchev–Trinajstić information content (AvgIpc) is 2.94. The SMILES string of the molecule is CCC(C)[C@H]1CSC(Nc2ccc(C#N)c(C(F)(F)F)c2)=N1. The highest BCUT2D eigenvalue weighted by molar-refractivity contribution is 8.14. The summed E-state index contributed by atoms with van der Waals surface area (Å²) in [6.45, 7) is 4.20. The van der Waals surface area contributed by atoms with Crippen LogP contribution in [-0.4, -0.2) is 17.0 Å². The molecule has 118 valence electrons. The standard InChI is InChI=1S/C15H16F3N3S/c1-3-9(2)13-8-22-14(21-13)20-11-5-4-10(7-19)12(6-11)15(16,17)18/h4-6,9,13H,3,8H2,1-2H3,(H,20,21)/t9?,13-/m1/s1. The molecule has 1 N–H and O–H groups in total. The van der Waals surface area contributed by atoms with Crippen molar-refractivity contribution in [3.8, 4) is 6.07 Å². The number of halogens is 3. The highest BCUT2D eigenvalue weighted by Crippen LogP contribution is 2.34. The molecule has 1 unspecified atom stereocenters. The maximum atomic E-state index is 12.9. The molecule has 22 heavy (non-hydrogen) atoms. The number of rotatable bonds is 3. The quantitative estimate of drug-likeness (QED) is 0.889. The Labute approximate surface area is 131 Å². The van der Waals surface area contributed by atoms with E-state index in [1.165, 1.54) is 23.9 Å². The summed E-state index contributed by atoms with van der Waals surface area (Å²) in [7, 11) is 0. The number of hydrogen-bond donors (Lipinski definition) is 1. The highest BCUT2D eigenvalue weighted by Gasteiger charge is 2.34. The normalized spacial score (nSPS) is 19.5. The third kappa shape index (κ3) is 3.74. The summed E-state index contributed by atoms with van der Waals surface area (Å²) < 4.78 is 38.8. The first-order valence-corrected chi connectivity index (χ1v) is 7.92. The molecule has 0 aliphatic carbocycles. The molecule has 2 atom stereocenters. The van der Waals surface area contributed by atoms with E-state index in [4.69, 9.17) is 5.26 Å². The number of hydrogen-bond acceptors (Lipinski definition) is 4. The van der Waals surface area contributed by atoms with Gasteiger partial charge in [-0.15, -0.1) is 0 Å². The second-order valence-electron chi connectivity index (χ2n) is 5.19. The van der Waals surface area contributed by atoms with Crippen LogP contribution in [0.4, 0.5) is 18.9 Å². The molecular weight excluding hydrogens is 311 g/mol. The van der Waals surface area contributed by atoms with E-state index in [2.05, 4.69) is 24.2 Å². The van der Waals surface area contributed by atoms with Gasteiger partial charge in [-0.3, -0.25) is 4.99 Å². The molecule has 1 heterocycles. The van der Waals surface area contributed by atoms with Crippen molar-refractivity contribution in [2.75, 3.05) is 11.1 Å². The van der Waals surface area contributed by atoms with Gasteiger partial charge in [0.25, 0.3) is 0 Å². The largest absolute Gasteiger partial charge is 0.417 e. The number of alkyl halides is 3. The van der Waals surface area contributed by atoms with Gasteiger partial charge < -0.3 is 5.32 Å². The van der Waals surface area contributed by atoms with Crippen molar-refractivity contribution in [1.29, 1.82) is 5.26 Å². The molecular formula is C15H16F3N3S. The summed E-state index contributed by atoms with van der Waals surface area (Å²) in [5, 5.41) is 12.3. The summed E-state index contributed by atoms with van der Waals surface area (Å²) in [5.41, 5.74) is -1.01. The smallest absolute Gasteiger partial charge is 0.335 e. The molecule has 0 saturated heterocycles. The summed E-state index contributed by atoms with van der Waals surface area (Å²) in [5.74, 6) is 1.28. The van der Waals surface area contributed by atoms with Gasteiger partial charge in [0.05, 0.1) is 23.2 Å². The van der Waals surface area contributed by atoms with E-state index in [-0.39, 0.29) is 11.6 Å². The van der Waals surface area contributed by atoms with Gasteiger partial charge in [-0.1, -0.05) is 32.0 Å². The lowest BCUT2D eigenvalue weighted by Gasteiger charge is -2.12. The van der Waals surface area contributed by atoms with Crippen molar-refractivity contribution in [2.24, 2.45) is 10.9 Å². The van der Waals surface area contributed by atoms with E-state index in [1.54, 1.807) is 6.07 Å². The number of nitriles is 1. The average molecular weight is 327 g/mol. The molecule has 0 bridgehead atoms. The van der Waals surface area contributed by atoms with Crippen LogP contribution in [0.2, 0.25) is 0 Å². The van der Waals surface area contributed by atoms with Crippen molar-refractivity contribution >= 4 is 22.6 Å². The minimum absolute atomic E-state index is 0.193. The first kappa shape index (κ1) is 16.7. The van der Waals surface area contributed by atoms with Crippen LogP contribution >= 0.6 is 11.8 Å². The van der Waals surface area contributed by atoms with Crippen molar-refractivity contribution < 1.29 is 13.2 Å². The molecule has 7 heteroatoms. The lowest BCUT2D eigenvalue weighted by atomic mass is 10.0. The van der Waals surface area contributed by atoms with E-state index in [0.29, 0.717) is 16.8 Å². The molecule has 0 amide bonds. The monoisotopic (exact) mass is 327 g/mol. The molecule has 0 radical (unpaired) electrons. The lowest BCUT2D eigenvalue weighted by molar-refractivity contribution is -0.137. The van der Waals surface area contributed by atoms with Crippen LogP contribution in [0.25, 0.3) is 0 Å². The van der Waals surface area contributed by atoms with Crippen molar-refractivity contribution in [1.82, 2.24) is 0 Å². The van der Waals surface area contributed by atoms with Crippen LogP contribution < -0.4 is 5.32 Å². The molecule has 0 spiro atoms. The van der Waals surface area contributed by atoms with Crippen molar-refractivity contribution in [3.63, 3.8) is 0 Å². The Balaban J connectivity index is 2.20. The van der Waals surface area contributed by atoms with E-state index >= 15 is 0 Å².